The van der Waals surface area contributed by atoms with Crippen LogP contribution in [0.1, 0.15) is 50.4 Å². The third kappa shape index (κ3) is 3.39. The molecule has 2 N–H and O–H groups in total. The Morgan fingerprint density at radius 2 is 2.04 bits per heavy atom. The van der Waals surface area contributed by atoms with Gasteiger partial charge in [-0.15, -0.1) is 11.8 Å². The molecular formula is C18H24N2O2S. The lowest BCUT2D eigenvalue weighted by Gasteiger charge is -2.34. The number of anilines is 1. The predicted molar refractivity (Wildman–Crippen MR) is 93.8 cm³/mol. The van der Waals surface area contributed by atoms with Gasteiger partial charge in [-0.2, -0.15) is 0 Å². The molecule has 0 saturated heterocycles. The normalized spacial score (nSPS) is 30.3. The Labute approximate surface area is 141 Å². The molecular weight excluding hydrogens is 308 g/mol. The summed E-state index contributed by atoms with van der Waals surface area (Å²) in [6.45, 7) is 6.37. The zero-order valence-corrected chi connectivity index (χ0v) is 14.7. The number of nitrogens with one attached hydrogen (secondary N) is 2. The van der Waals surface area contributed by atoms with Gasteiger partial charge in [0.15, 0.2) is 0 Å². The van der Waals surface area contributed by atoms with E-state index in [0.717, 1.165) is 17.0 Å². The zero-order valence-electron chi connectivity index (χ0n) is 13.9. The second kappa shape index (κ2) is 6.56. The molecule has 0 spiro atoms. The monoisotopic (exact) mass is 332 g/mol. The summed E-state index contributed by atoms with van der Waals surface area (Å²) in [5.74, 6) is 1.10. The van der Waals surface area contributed by atoms with Crippen LogP contribution in [0.2, 0.25) is 0 Å². The van der Waals surface area contributed by atoms with Crippen molar-refractivity contribution < 1.29 is 9.59 Å². The summed E-state index contributed by atoms with van der Waals surface area (Å²) in [6, 6.07) is 5.81. The van der Waals surface area contributed by atoms with Crippen LogP contribution in [-0.2, 0) is 4.79 Å². The van der Waals surface area contributed by atoms with Gasteiger partial charge in [0, 0.05) is 16.5 Å². The largest absolute Gasteiger partial charge is 0.349 e. The number of hydrogen-bond donors (Lipinski definition) is 2. The van der Waals surface area contributed by atoms with E-state index in [0.29, 0.717) is 17.4 Å². The quantitative estimate of drug-likeness (QED) is 0.869. The number of benzene rings is 1. The third-order valence-electron chi connectivity index (χ3n) is 5.20. The van der Waals surface area contributed by atoms with Crippen LogP contribution in [0.4, 0.5) is 5.69 Å². The van der Waals surface area contributed by atoms with E-state index < -0.39 is 0 Å². The summed E-state index contributed by atoms with van der Waals surface area (Å²) < 4.78 is 0. The number of amides is 2. The van der Waals surface area contributed by atoms with Crippen LogP contribution in [0.5, 0.6) is 0 Å². The number of carbonyl (C=O) groups is 2. The highest BCUT2D eigenvalue weighted by molar-refractivity contribution is 8.00. The Hall–Kier alpha value is -1.49. The standard InChI is InChI=1S/C18H24N2O2S/c1-10-5-4-6-14(11(10)2)19-18(22)13-7-8-16-15(9-13)20-17(21)12(3)23-16/h7-12,14H,4-6H2,1-3H3,(H,19,22)(H,20,21)/t10-,11+,12+,14-/m1/s1. The Bertz CT molecular complexity index is 631. The molecule has 1 aromatic rings. The van der Waals surface area contributed by atoms with Crippen LogP contribution in [-0.4, -0.2) is 23.1 Å². The molecule has 0 unspecified atom stereocenters. The van der Waals surface area contributed by atoms with Gasteiger partial charge in [-0.25, -0.2) is 0 Å². The van der Waals surface area contributed by atoms with E-state index in [4.69, 9.17) is 0 Å². The first-order valence-electron chi connectivity index (χ1n) is 8.38. The minimum Gasteiger partial charge on any atom is -0.349 e. The van der Waals surface area contributed by atoms with E-state index in [1.165, 1.54) is 24.6 Å². The van der Waals surface area contributed by atoms with E-state index in [1.807, 2.05) is 19.1 Å². The summed E-state index contributed by atoms with van der Waals surface area (Å²) in [7, 11) is 0. The average molecular weight is 332 g/mol. The van der Waals surface area contributed by atoms with Crippen molar-refractivity contribution in [3.8, 4) is 0 Å². The number of hydrogen-bond acceptors (Lipinski definition) is 3. The Morgan fingerprint density at radius 3 is 2.83 bits per heavy atom. The van der Waals surface area contributed by atoms with E-state index >= 15 is 0 Å². The van der Waals surface area contributed by atoms with Crippen LogP contribution in [0.3, 0.4) is 0 Å². The molecule has 1 fully saturated rings. The fourth-order valence-corrected chi connectivity index (χ4v) is 4.32. The van der Waals surface area contributed by atoms with Crippen molar-refractivity contribution in [1.82, 2.24) is 5.32 Å². The molecule has 1 aromatic carbocycles. The molecule has 1 saturated carbocycles. The van der Waals surface area contributed by atoms with Crippen molar-refractivity contribution >= 4 is 29.3 Å². The van der Waals surface area contributed by atoms with E-state index in [2.05, 4.69) is 24.5 Å². The smallest absolute Gasteiger partial charge is 0.251 e. The van der Waals surface area contributed by atoms with E-state index in [1.54, 1.807) is 6.07 Å². The molecule has 2 aliphatic rings. The number of fused-ring (bicyclic) bond motifs is 1. The van der Waals surface area contributed by atoms with Gasteiger partial charge in [0.25, 0.3) is 5.91 Å². The minimum absolute atomic E-state index is 0.00483. The molecule has 1 aliphatic carbocycles. The topological polar surface area (TPSA) is 58.2 Å². The Balaban J connectivity index is 1.73. The van der Waals surface area contributed by atoms with Crippen molar-refractivity contribution in [3.05, 3.63) is 23.8 Å². The van der Waals surface area contributed by atoms with Gasteiger partial charge in [-0.05, 0) is 43.4 Å². The number of carbonyl (C=O) groups excluding carboxylic acids is 2. The van der Waals surface area contributed by atoms with Gasteiger partial charge in [-0.1, -0.05) is 26.7 Å². The zero-order chi connectivity index (χ0) is 16.6. The molecule has 5 heteroatoms. The summed E-state index contributed by atoms with van der Waals surface area (Å²) in [5, 5.41) is 5.98. The highest BCUT2D eigenvalue weighted by Crippen LogP contribution is 2.36. The molecule has 1 aliphatic heterocycles. The lowest BCUT2D eigenvalue weighted by Crippen LogP contribution is -2.43. The lowest BCUT2D eigenvalue weighted by molar-refractivity contribution is -0.115. The van der Waals surface area contributed by atoms with Crippen molar-refractivity contribution in [3.63, 3.8) is 0 Å². The SMILES string of the molecule is C[C@H]1[C@H](C)CCC[C@H]1NC(=O)c1ccc2c(c1)NC(=O)[C@H](C)S2. The second-order valence-electron chi connectivity index (χ2n) is 6.81. The molecule has 0 radical (unpaired) electrons. The molecule has 2 amide bonds. The Morgan fingerprint density at radius 1 is 1.26 bits per heavy atom. The van der Waals surface area contributed by atoms with Crippen LogP contribution in [0.25, 0.3) is 0 Å². The summed E-state index contributed by atoms with van der Waals surface area (Å²) in [5.41, 5.74) is 1.36. The lowest BCUT2D eigenvalue weighted by atomic mass is 9.78. The summed E-state index contributed by atoms with van der Waals surface area (Å²) in [4.78, 5) is 25.4. The second-order valence-corrected chi connectivity index (χ2v) is 8.19. The highest BCUT2D eigenvalue weighted by Gasteiger charge is 2.29. The molecule has 23 heavy (non-hydrogen) atoms. The van der Waals surface area contributed by atoms with Gasteiger partial charge in [0.2, 0.25) is 5.91 Å². The van der Waals surface area contributed by atoms with Crippen LogP contribution >= 0.6 is 11.8 Å². The fraction of sp³-hybridized carbons (Fsp3) is 0.556. The van der Waals surface area contributed by atoms with Crippen molar-refractivity contribution in [2.75, 3.05) is 5.32 Å². The van der Waals surface area contributed by atoms with Crippen LogP contribution in [0, 0.1) is 11.8 Å². The molecule has 0 bridgehead atoms. The number of rotatable bonds is 2. The van der Waals surface area contributed by atoms with Crippen LogP contribution in [0.15, 0.2) is 23.1 Å². The van der Waals surface area contributed by atoms with Crippen LogP contribution < -0.4 is 10.6 Å². The summed E-state index contributed by atoms with van der Waals surface area (Å²) in [6.07, 6.45) is 3.46. The van der Waals surface area contributed by atoms with Gasteiger partial charge in [-0.3, -0.25) is 9.59 Å². The molecule has 124 valence electrons. The van der Waals surface area contributed by atoms with Crippen molar-refractivity contribution in [2.45, 2.75) is 56.2 Å². The first kappa shape index (κ1) is 16.4. The van der Waals surface area contributed by atoms with Gasteiger partial charge in [0.1, 0.15) is 0 Å². The van der Waals surface area contributed by atoms with Gasteiger partial charge >= 0.3 is 0 Å². The maximum Gasteiger partial charge on any atom is 0.251 e. The third-order valence-corrected chi connectivity index (χ3v) is 6.37. The van der Waals surface area contributed by atoms with Gasteiger partial charge < -0.3 is 10.6 Å². The van der Waals surface area contributed by atoms with E-state index in [9.17, 15) is 9.59 Å². The fourth-order valence-electron chi connectivity index (χ4n) is 3.39. The predicted octanol–water partition coefficient (Wildman–Crippen LogP) is 3.67. The van der Waals surface area contributed by atoms with E-state index in [-0.39, 0.29) is 23.1 Å². The maximum atomic E-state index is 12.6. The molecule has 1 heterocycles. The van der Waals surface area contributed by atoms with Crippen molar-refractivity contribution in [1.29, 1.82) is 0 Å². The van der Waals surface area contributed by atoms with Crippen molar-refractivity contribution in [2.24, 2.45) is 11.8 Å². The first-order chi connectivity index (χ1) is 11.0. The Kier molecular flexibility index (Phi) is 4.67. The number of thioether (sulfide) groups is 1. The maximum absolute atomic E-state index is 12.6. The van der Waals surface area contributed by atoms with Gasteiger partial charge in [0.05, 0.1) is 10.9 Å². The molecule has 4 atom stereocenters. The molecule has 3 rings (SSSR count). The first-order valence-corrected chi connectivity index (χ1v) is 9.26. The minimum atomic E-state index is -0.0910. The molecule has 0 aromatic heterocycles. The molecule has 4 nitrogen and oxygen atoms in total. The summed E-state index contributed by atoms with van der Waals surface area (Å²) >= 11 is 1.53. The highest BCUT2D eigenvalue weighted by atomic mass is 32.2. The average Bonchev–Trinajstić information content (AvgIpc) is 2.52.